The molecule has 5 rings (SSSR count). The van der Waals surface area contributed by atoms with Gasteiger partial charge in [0.05, 0.1) is 25.2 Å². The molecule has 1 fully saturated rings. The predicted octanol–water partition coefficient (Wildman–Crippen LogP) is 4.73. The van der Waals surface area contributed by atoms with Crippen LogP contribution in [0.3, 0.4) is 0 Å². The molecule has 0 amide bonds. The molecular formula is C29H34N2O6. The lowest BCUT2D eigenvalue weighted by Crippen LogP contribution is -2.40. The van der Waals surface area contributed by atoms with Crippen molar-refractivity contribution >= 4 is 5.97 Å². The van der Waals surface area contributed by atoms with Gasteiger partial charge in [-0.2, -0.15) is 0 Å². The second kappa shape index (κ2) is 10.9. The lowest BCUT2D eigenvalue weighted by atomic mass is 9.86. The van der Waals surface area contributed by atoms with Gasteiger partial charge >= 0.3 is 5.97 Å². The summed E-state index contributed by atoms with van der Waals surface area (Å²) in [5.41, 5.74) is 5.80. The van der Waals surface area contributed by atoms with Crippen molar-refractivity contribution in [1.29, 1.82) is 0 Å². The van der Waals surface area contributed by atoms with Gasteiger partial charge in [0.1, 0.15) is 5.69 Å². The molecule has 8 heteroatoms. The highest BCUT2D eigenvalue weighted by atomic mass is 16.5. The first-order valence-electron chi connectivity index (χ1n) is 13.1. The van der Waals surface area contributed by atoms with E-state index in [1.165, 1.54) is 0 Å². The standard InChI is InChI=1S/C29H34N2O6/c1-3-35-25-12-9-20(15-26(25)36-4-2)28-23-11-7-18-14-19(8-10-22(18)27(23)30-37-28)24(32)17-31-13-5-6-21(16-31)29(33)34/h8-10,12,14-15,21,24,32H,3-7,11,13,16-17H2,1-2H3,(H,33,34)/t21-,24+/m0/s1. The number of ether oxygens (including phenoxy) is 2. The third-order valence-electron chi connectivity index (χ3n) is 7.29. The average molecular weight is 507 g/mol. The minimum atomic E-state index is -0.755. The number of rotatable bonds is 9. The lowest BCUT2D eigenvalue weighted by Gasteiger charge is -2.32. The second-order valence-corrected chi connectivity index (χ2v) is 9.74. The highest BCUT2D eigenvalue weighted by Crippen LogP contribution is 2.41. The van der Waals surface area contributed by atoms with Gasteiger partial charge in [0.25, 0.3) is 0 Å². The zero-order chi connectivity index (χ0) is 25.9. The van der Waals surface area contributed by atoms with E-state index in [0.717, 1.165) is 65.1 Å². The van der Waals surface area contributed by atoms with Crippen LogP contribution in [0.25, 0.3) is 22.6 Å². The average Bonchev–Trinajstić information content (AvgIpc) is 3.34. The van der Waals surface area contributed by atoms with Crippen molar-refractivity contribution in [2.24, 2.45) is 5.92 Å². The molecule has 0 radical (unpaired) electrons. The maximum absolute atomic E-state index is 11.4. The molecule has 1 saturated heterocycles. The van der Waals surface area contributed by atoms with Crippen molar-refractivity contribution in [3.63, 3.8) is 0 Å². The van der Waals surface area contributed by atoms with E-state index in [2.05, 4.69) is 16.1 Å². The van der Waals surface area contributed by atoms with Crippen LogP contribution in [0.5, 0.6) is 11.5 Å². The smallest absolute Gasteiger partial charge is 0.307 e. The van der Waals surface area contributed by atoms with Gasteiger partial charge in [-0.3, -0.25) is 9.69 Å². The van der Waals surface area contributed by atoms with Gasteiger partial charge in [-0.05, 0) is 75.4 Å². The third-order valence-corrected chi connectivity index (χ3v) is 7.29. The van der Waals surface area contributed by atoms with Crippen molar-refractivity contribution < 1.29 is 29.0 Å². The second-order valence-electron chi connectivity index (χ2n) is 9.74. The maximum atomic E-state index is 11.4. The number of aliphatic hydroxyl groups is 1. The Morgan fingerprint density at radius 2 is 1.95 bits per heavy atom. The summed E-state index contributed by atoms with van der Waals surface area (Å²) in [6.45, 7) is 6.72. The van der Waals surface area contributed by atoms with Crippen LogP contribution >= 0.6 is 0 Å². The third kappa shape index (κ3) is 5.22. The molecule has 0 unspecified atom stereocenters. The van der Waals surface area contributed by atoms with Crippen LogP contribution < -0.4 is 9.47 Å². The molecule has 2 atom stereocenters. The van der Waals surface area contributed by atoms with Gasteiger partial charge in [-0.15, -0.1) is 0 Å². The Balaban J connectivity index is 1.36. The van der Waals surface area contributed by atoms with Crippen LogP contribution in [0, 0.1) is 5.92 Å². The van der Waals surface area contributed by atoms with Crippen molar-refractivity contribution in [3.05, 3.63) is 53.1 Å². The fraction of sp³-hybridized carbons (Fsp3) is 0.448. The molecule has 0 saturated carbocycles. The number of aliphatic hydroxyl groups excluding tert-OH is 1. The molecule has 2 heterocycles. The number of carboxylic acids is 1. The summed E-state index contributed by atoms with van der Waals surface area (Å²) in [6, 6.07) is 11.8. The molecule has 1 aliphatic carbocycles. The van der Waals surface area contributed by atoms with Crippen LogP contribution in [-0.2, 0) is 17.6 Å². The van der Waals surface area contributed by atoms with Crippen molar-refractivity contribution in [2.75, 3.05) is 32.8 Å². The summed E-state index contributed by atoms with van der Waals surface area (Å²) >= 11 is 0. The summed E-state index contributed by atoms with van der Waals surface area (Å²) in [6.07, 6.45) is 2.47. The van der Waals surface area contributed by atoms with Gasteiger partial charge in [-0.1, -0.05) is 23.4 Å². The fourth-order valence-corrected chi connectivity index (χ4v) is 5.46. The van der Waals surface area contributed by atoms with Gasteiger partial charge in [0.15, 0.2) is 17.3 Å². The molecule has 8 nitrogen and oxygen atoms in total. The van der Waals surface area contributed by atoms with Crippen molar-refractivity contribution in [1.82, 2.24) is 10.1 Å². The number of carboxylic acid groups (broad SMARTS) is 1. The normalized spacial score (nSPS) is 18.1. The number of aliphatic carboxylic acids is 1. The molecule has 37 heavy (non-hydrogen) atoms. The molecule has 2 aromatic carbocycles. The highest BCUT2D eigenvalue weighted by molar-refractivity contribution is 5.77. The first kappa shape index (κ1) is 25.3. The number of aromatic nitrogens is 1. The SMILES string of the molecule is CCOc1ccc(-c2onc3c2CCc2cc([C@H](O)CN4CCC[C@H](C(=O)O)C4)ccc2-3)cc1OCC. The summed E-state index contributed by atoms with van der Waals surface area (Å²) in [7, 11) is 0. The van der Waals surface area contributed by atoms with Crippen molar-refractivity contribution in [2.45, 2.75) is 45.6 Å². The molecule has 2 N–H and O–H groups in total. The molecule has 1 aliphatic heterocycles. The zero-order valence-electron chi connectivity index (χ0n) is 21.4. The predicted molar refractivity (Wildman–Crippen MR) is 139 cm³/mol. The van der Waals surface area contributed by atoms with Crippen LogP contribution in [0.15, 0.2) is 40.9 Å². The van der Waals surface area contributed by atoms with E-state index in [0.29, 0.717) is 44.2 Å². The number of hydrogen-bond donors (Lipinski definition) is 2. The highest BCUT2D eigenvalue weighted by Gasteiger charge is 2.29. The van der Waals surface area contributed by atoms with Gasteiger partial charge in [-0.25, -0.2) is 0 Å². The molecule has 2 aliphatic rings. The number of fused-ring (bicyclic) bond motifs is 3. The Hall–Kier alpha value is -3.36. The van der Waals surface area contributed by atoms with E-state index in [-0.39, 0.29) is 5.92 Å². The number of piperidine rings is 1. The maximum Gasteiger partial charge on any atom is 0.307 e. The number of benzene rings is 2. The molecule has 0 bridgehead atoms. The summed E-state index contributed by atoms with van der Waals surface area (Å²) in [5.74, 6) is 1.03. The zero-order valence-corrected chi connectivity index (χ0v) is 21.4. The largest absolute Gasteiger partial charge is 0.490 e. The lowest BCUT2D eigenvalue weighted by molar-refractivity contribution is -0.143. The van der Waals surface area contributed by atoms with Gasteiger partial charge in [0, 0.05) is 29.8 Å². The summed E-state index contributed by atoms with van der Waals surface area (Å²) in [4.78, 5) is 13.4. The number of likely N-dealkylation sites (tertiary alicyclic amines) is 1. The van der Waals surface area contributed by atoms with Gasteiger partial charge < -0.3 is 24.2 Å². The van der Waals surface area contributed by atoms with Crippen LogP contribution in [0.2, 0.25) is 0 Å². The number of carbonyl (C=O) groups is 1. The number of β-amino-alcohol motifs (C(OH)–C–C–N with tert-alkyl or cyclic N) is 1. The van der Waals surface area contributed by atoms with E-state index in [1.807, 2.05) is 44.2 Å². The van der Waals surface area contributed by atoms with Crippen LogP contribution in [-0.4, -0.2) is 59.1 Å². The molecular weight excluding hydrogens is 472 g/mol. The number of aryl methyl sites for hydroxylation is 1. The van der Waals surface area contributed by atoms with E-state index >= 15 is 0 Å². The fourth-order valence-electron chi connectivity index (χ4n) is 5.46. The quantitative estimate of drug-likeness (QED) is 0.429. The van der Waals surface area contributed by atoms with Crippen molar-refractivity contribution in [3.8, 4) is 34.1 Å². The Morgan fingerprint density at radius 3 is 2.73 bits per heavy atom. The Morgan fingerprint density at radius 1 is 1.14 bits per heavy atom. The van der Waals surface area contributed by atoms with E-state index in [9.17, 15) is 15.0 Å². The van der Waals surface area contributed by atoms with Crippen LogP contribution in [0.4, 0.5) is 0 Å². The molecule has 0 spiro atoms. The summed E-state index contributed by atoms with van der Waals surface area (Å²) < 4.78 is 17.3. The molecule has 196 valence electrons. The van der Waals surface area contributed by atoms with E-state index in [1.54, 1.807) is 0 Å². The first-order valence-corrected chi connectivity index (χ1v) is 13.1. The first-order chi connectivity index (χ1) is 18.0. The number of hydrogen-bond acceptors (Lipinski definition) is 7. The molecule has 3 aromatic rings. The minimum absolute atomic E-state index is 0.357. The van der Waals surface area contributed by atoms with Gasteiger partial charge in [0.2, 0.25) is 0 Å². The van der Waals surface area contributed by atoms with E-state index in [4.69, 9.17) is 14.0 Å². The Bertz CT molecular complexity index is 1270. The minimum Gasteiger partial charge on any atom is -0.490 e. The van der Waals surface area contributed by atoms with E-state index < -0.39 is 12.1 Å². The Labute approximate surface area is 216 Å². The Kier molecular flexibility index (Phi) is 7.48. The topological polar surface area (TPSA) is 105 Å². The monoisotopic (exact) mass is 506 g/mol. The van der Waals surface area contributed by atoms with Crippen LogP contribution in [0.1, 0.15) is 49.5 Å². The molecule has 1 aromatic heterocycles. The number of nitrogens with zero attached hydrogens (tertiary/aromatic N) is 2. The summed E-state index contributed by atoms with van der Waals surface area (Å²) in [5, 5.41) is 24.7.